The fraction of sp³-hybridized carbons (Fsp3) is 0.562. The molecule has 21 heavy (non-hydrogen) atoms. The fourth-order valence-corrected chi connectivity index (χ4v) is 2.46. The molecule has 0 radical (unpaired) electrons. The Kier molecular flexibility index (Phi) is 4.61. The van der Waals surface area contributed by atoms with Gasteiger partial charge in [0, 0.05) is 24.2 Å². The van der Waals surface area contributed by atoms with Crippen molar-refractivity contribution in [1.29, 1.82) is 0 Å². The van der Waals surface area contributed by atoms with Crippen LogP contribution in [0.15, 0.2) is 18.2 Å². The maximum Gasteiger partial charge on any atom is 0.242 e. The molecule has 1 fully saturated rings. The van der Waals surface area contributed by atoms with Crippen LogP contribution < -0.4 is 5.32 Å². The van der Waals surface area contributed by atoms with E-state index in [9.17, 15) is 13.6 Å². The average Bonchev–Trinajstić information content (AvgIpc) is 3.21. The summed E-state index contributed by atoms with van der Waals surface area (Å²) in [5.41, 5.74) is -0.336. The van der Waals surface area contributed by atoms with Crippen LogP contribution in [-0.2, 0) is 11.3 Å². The molecular weight excluding hydrogens is 274 g/mol. The minimum absolute atomic E-state index is 0.0458. The molecule has 1 N–H and O–H groups in total. The summed E-state index contributed by atoms with van der Waals surface area (Å²) in [6.07, 6.45) is 1.88. The van der Waals surface area contributed by atoms with Gasteiger partial charge in [0.15, 0.2) is 0 Å². The van der Waals surface area contributed by atoms with Crippen LogP contribution in [0.25, 0.3) is 0 Å². The number of amides is 1. The maximum atomic E-state index is 13.8. The van der Waals surface area contributed by atoms with E-state index in [1.807, 2.05) is 20.8 Å². The molecule has 1 aromatic carbocycles. The van der Waals surface area contributed by atoms with Gasteiger partial charge in [-0.1, -0.05) is 13.0 Å². The van der Waals surface area contributed by atoms with Crippen LogP contribution in [0.2, 0.25) is 0 Å². The molecule has 0 bridgehead atoms. The van der Waals surface area contributed by atoms with Gasteiger partial charge in [0.05, 0.1) is 5.54 Å². The van der Waals surface area contributed by atoms with Crippen LogP contribution in [0.1, 0.15) is 39.2 Å². The molecule has 0 unspecified atom stereocenters. The Morgan fingerprint density at radius 3 is 2.57 bits per heavy atom. The van der Waals surface area contributed by atoms with Crippen LogP contribution in [0.3, 0.4) is 0 Å². The molecule has 1 amide bonds. The van der Waals surface area contributed by atoms with Gasteiger partial charge in [0.2, 0.25) is 5.91 Å². The monoisotopic (exact) mass is 296 g/mol. The largest absolute Gasteiger partial charge is 0.334 e. The molecule has 1 aliphatic rings. The van der Waals surface area contributed by atoms with Crippen molar-refractivity contribution in [3.05, 3.63) is 35.4 Å². The number of likely N-dealkylation sites (N-methyl/N-ethyl adjacent to an activating group) is 1. The van der Waals surface area contributed by atoms with Crippen molar-refractivity contribution < 1.29 is 13.6 Å². The summed E-state index contributed by atoms with van der Waals surface area (Å²) in [4.78, 5) is 14.4. The topological polar surface area (TPSA) is 32.3 Å². The molecule has 0 aliphatic heterocycles. The summed E-state index contributed by atoms with van der Waals surface area (Å²) < 4.78 is 26.8. The zero-order chi connectivity index (χ0) is 15.6. The van der Waals surface area contributed by atoms with E-state index < -0.39 is 17.2 Å². The third kappa shape index (κ3) is 3.79. The second-order valence-corrected chi connectivity index (χ2v) is 6.06. The van der Waals surface area contributed by atoms with E-state index in [0.29, 0.717) is 12.1 Å². The molecule has 0 aromatic heterocycles. The number of carbonyl (C=O) groups is 1. The molecule has 3 nitrogen and oxygen atoms in total. The zero-order valence-corrected chi connectivity index (χ0v) is 12.7. The molecular formula is C16H22F2N2O. The van der Waals surface area contributed by atoms with Gasteiger partial charge in [-0.05, 0) is 39.3 Å². The SMILES string of the molecule is CCNC(C)(C)C(=O)N(Cc1ccc(F)cc1F)C1CC1. The minimum Gasteiger partial charge on any atom is -0.334 e. The Bertz CT molecular complexity index is 527. The first kappa shape index (κ1) is 15.9. The third-order valence-corrected chi connectivity index (χ3v) is 3.76. The second-order valence-electron chi connectivity index (χ2n) is 6.06. The van der Waals surface area contributed by atoms with Gasteiger partial charge in [0.25, 0.3) is 0 Å². The molecule has 1 aromatic rings. The van der Waals surface area contributed by atoms with E-state index in [4.69, 9.17) is 0 Å². The molecule has 116 valence electrons. The van der Waals surface area contributed by atoms with E-state index in [2.05, 4.69) is 5.32 Å². The van der Waals surface area contributed by atoms with Crippen molar-refractivity contribution in [2.45, 2.75) is 51.7 Å². The lowest BCUT2D eigenvalue weighted by atomic mass is 10.0. The van der Waals surface area contributed by atoms with Crippen molar-refractivity contribution >= 4 is 5.91 Å². The number of hydrogen-bond acceptors (Lipinski definition) is 2. The molecule has 0 heterocycles. The second kappa shape index (κ2) is 6.10. The van der Waals surface area contributed by atoms with Crippen molar-refractivity contribution in [2.75, 3.05) is 6.54 Å². The quantitative estimate of drug-likeness (QED) is 0.875. The molecule has 0 saturated heterocycles. The fourth-order valence-electron chi connectivity index (χ4n) is 2.46. The van der Waals surface area contributed by atoms with E-state index in [1.54, 1.807) is 4.90 Å². The number of benzene rings is 1. The third-order valence-electron chi connectivity index (χ3n) is 3.76. The number of nitrogens with one attached hydrogen (secondary N) is 1. The van der Waals surface area contributed by atoms with Crippen LogP contribution in [0, 0.1) is 11.6 Å². The molecule has 1 saturated carbocycles. The summed E-state index contributed by atoms with van der Waals surface area (Å²) in [6.45, 7) is 6.47. The molecule has 0 spiro atoms. The summed E-state index contributed by atoms with van der Waals surface area (Å²) in [5.74, 6) is -1.25. The Labute approximate surface area is 124 Å². The average molecular weight is 296 g/mol. The summed E-state index contributed by atoms with van der Waals surface area (Å²) in [7, 11) is 0. The molecule has 0 atom stereocenters. The van der Waals surface area contributed by atoms with Crippen molar-refractivity contribution in [3.8, 4) is 0 Å². The molecule has 5 heteroatoms. The van der Waals surface area contributed by atoms with E-state index in [-0.39, 0.29) is 18.5 Å². The Hall–Kier alpha value is -1.49. The van der Waals surface area contributed by atoms with Gasteiger partial charge in [-0.2, -0.15) is 0 Å². The van der Waals surface area contributed by atoms with Gasteiger partial charge in [-0.25, -0.2) is 8.78 Å². The van der Waals surface area contributed by atoms with E-state index in [0.717, 1.165) is 18.9 Å². The molecule has 2 rings (SSSR count). The lowest BCUT2D eigenvalue weighted by Gasteiger charge is -2.33. The van der Waals surface area contributed by atoms with Crippen molar-refractivity contribution in [1.82, 2.24) is 10.2 Å². The first-order valence-electron chi connectivity index (χ1n) is 7.35. The number of carbonyl (C=O) groups excluding carboxylic acids is 1. The zero-order valence-electron chi connectivity index (χ0n) is 12.7. The maximum absolute atomic E-state index is 13.8. The van der Waals surface area contributed by atoms with Gasteiger partial charge in [0.1, 0.15) is 11.6 Å². The highest BCUT2D eigenvalue weighted by molar-refractivity contribution is 5.86. The highest BCUT2D eigenvalue weighted by atomic mass is 19.1. The lowest BCUT2D eigenvalue weighted by Crippen LogP contribution is -2.54. The predicted octanol–water partition coefficient (Wildman–Crippen LogP) is 2.84. The van der Waals surface area contributed by atoms with Gasteiger partial charge >= 0.3 is 0 Å². The van der Waals surface area contributed by atoms with Crippen LogP contribution in [0.4, 0.5) is 8.78 Å². The van der Waals surface area contributed by atoms with E-state index in [1.165, 1.54) is 12.1 Å². The van der Waals surface area contributed by atoms with E-state index >= 15 is 0 Å². The number of rotatable bonds is 6. The van der Waals surface area contributed by atoms with Crippen LogP contribution in [-0.4, -0.2) is 28.9 Å². The normalized spacial score (nSPS) is 15.1. The van der Waals surface area contributed by atoms with Gasteiger partial charge in [-0.15, -0.1) is 0 Å². The number of hydrogen-bond donors (Lipinski definition) is 1. The summed E-state index contributed by atoms with van der Waals surface area (Å²) in [5, 5.41) is 3.15. The molecule has 1 aliphatic carbocycles. The minimum atomic E-state index is -0.687. The first-order valence-corrected chi connectivity index (χ1v) is 7.35. The van der Waals surface area contributed by atoms with Crippen LogP contribution >= 0.6 is 0 Å². The highest BCUT2D eigenvalue weighted by Gasteiger charge is 2.39. The highest BCUT2D eigenvalue weighted by Crippen LogP contribution is 2.31. The Morgan fingerprint density at radius 2 is 2.05 bits per heavy atom. The number of nitrogens with zero attached hydrogens (tertiary/aromatic N) is 1. The summed E-state index contributed by atoms with van der Waals surface area (Å²) >= 11 is 0. The van der Waals surface area contributed by atoms with Gasteiger partial charge in [-0.3, -0.25) is 4.79 Å². The smallest absolute Gasteiger partial charge is 0.242 e. The van der Waals surface area contributed by atoms with Crippen molar-refractivity contribution in [3.63, 3.8) is 0 Å². The van der Waals surface area contributed by atoms with Gasteiger partial charge < -0.3 is 10.2 Å². The lowest BCUT2D eigenvalue weighted by molar-refractivity contribution is -0.138. The Morgan fingerprint density at radius 1 is 1.38 bits per heavy atom. The Balaban J connectivity index is 2.18. The standard InChI is InChI=1S/C16H22F2N2O/c1-4-19-16(2,3)15(21)20(13-7-8-13)10-11-5-6-12(17)9-14(11)18/h5-6,9,13,19H,4,7-8,10H2,1-3H3. The number of halogens is 2. The first-order chi connectivity index (χ1) is 9.85. The van der Waals surface area contributed by atoms with Crippen molar-refractivity contribution in [2.24, 2.45) is 0 Å². The predicted molar refractivity (Wildman–Crippen MR) is 77.7 cm³/mol. The summed E-state index contributed by atoms with van der Waals surface area (Å²) in [6, 6.07) is 3.66. The van der Waals surface area contributed by atoms with Crippen LogP contribution in [0.5, 0.6) is 0 Å².